The first kappa shape index (κ1) is 35.7. The second-order valence-electron chi connectivity index (χ2n) is 14.9. The number of aromatic nitrogens is 1. The molecule has 2 aromatic heterocycles. The van der Waals surface area contributed by atoms with Gasteiger partial charge in [0.05, 0.1) is 16.7 Å². The van der Waals surface area contributed by atoms with Gasteiger partial charge in [0.25, 0.3) is 0 Å². The molecule has 1 aliphatic carbocycles. The molecule has 0 amide bonds. The maximum atomic E-state index is 2.53. The predicted octanol–water partition coefficient (Wildman–Crippen LogP) is 16.2. The van der Waals surface area contributed by atoms with Gasteiger partial charge in [-0.05, 0) is 102 Å². The molecule has 2 nitrogen and oxygen atoms in total. The molecule has 0 spiro atoms. The lowest BCUT2D eigenvalue weighted by Crippen LogP contribution is -2.18. The second-order valence-corrected chi connectivity index (χ2v) is 16.0. The molecule has 11 rings (SSSR count). The van der Waals surface area contributed by atoms with Crippen LogP contribution in [0, 0.1) is 6.92 Å². The molecule has 0 unspecified atom stereocenters. The zero-order valence-corrected chi connectivity index (χ0v) is 33.9. The average molecular weight is 765 g/mol. The first-order valence-corrected chi connectivity index (χ1v) is 21.3. The smallest absolute Gasteiger partial charge is 0.0568 e. The predicted molar refractivity (Wildman–Crippen MR) is 253 cm³/mol. The first-order chi connectivity index (χ1) is 28.7. The van der Waals surface area contributed by atoms with Gasteiger partial charge in [-0.25, -0.2) is 0 Å². The minimum Gasteiger partial charge on any atom is -0.314 e. The van der Waals surface area contributed by atoms with Crippen molar-refractivity contribution in [3.8, 4) is 16.8 Å². The highest BCUT2D eigenvalue weighted by molar-refractivity contribution is 7.25. The number of allylic oxidation sites excluding steroid dienone is 4. The Morgan fingerprint density at radius 2 is 1.16 bits per heavy atom. The Morgan fingerprint density at radius 3 is 1.93 bits per heavy atom. The highest BCUT2D eigenvalue weighted by Gasteiger charge is 2.24. The van der Waals surface area contributed by atoms with E-state index in [2.05, 4.69) is 204 Å². The average Bonchev–Trinajstić information content (AvgIpc) is 3.83. The van der Waals surface area contributed by atoms with E-state index < -0.39 is 0 Å². The van der Waals surface area contributed by atoms with E-state index in [1.807, 2.05) is 25.2 Å². The third kappa shape index (κ3) is 6.11. The van der Waals surface area contributed by atoms with Crippen LogP contribution in [0.1, 0.15) is 37.8 Å². The molecule has 0 bridgehead atoms. The molecule has 1 aliphatic rings. The molecule has 10 aromatic rings. The summed E-state index contributed by atoms with van der Waals surface area (Å²) in [5.74, 6) is 0. The van der Waals surface area contributed by atoms with E-state index >= 15 is 0 Å². The van der Waals surface area contributed by atoms with Crippen LogP contribution in [-0.2, 0) is 0 Å². The third-order valence-electron chi connectivity index (χ3n) is 11.6. The minimum atomic E-state index is 0.928. The molecule has 0 fully saturated rings. The molecular weight excluding hydrogens is 721 g/mol. The van der Waals surface area contributed by atoms with Crippen molar-refractivity contribution < 1.29 is 0 Å². The fourth-order valence-corrected chi connectivity index (χ4v) is 10.0. The van der Waals surface area contributed by atoms with Crippen LogP contribution >= 0.6 is 11.3 Å². The summed E-state index contributed by atoms with van der Waals surface area (Å²) in [6.45, 7) is 6.18. The van der Waals surface area contributed by atoms with E-state index in [-0.39, 0.29) is 0 Å². The minimum absolute atomic E-state index is 0.928. The van der Waals surface area contributed by atoms with Crippen LogP contribution in [0.15, 0.2) is 194 Å². The molecule has 0 radical (unpaired) electrons. The van der Waals surface area contributed by atoms with Crippen LogP contribution in [0.3, 0.4) is 0 Å². The van der Waals surface area contributed by atoms with Crippen molar-refractivity contribution in [3.05, 3.63) is 205 Å². The van der Waals surface area contributed by atoms with E-state index in [1.165, 1.54) is 97.6 Å². The summed E-state index contributed by atoms with van der Waals surface area (Å²) < 4.78 is 5.13. The van der Waals surface area contributed by atoms with Crippen LogP contribution < -0.4 is 4.90 Å². The largest absolute Gasteiger partial charge is 0.314 e. The Balaban J connectivity index is 0.00000201. The van der Waals surface area contributed by atoms with E-state index in [0.29, 0.717) is 0 Å². The van der Waals surface area contributed by atoms with Crippen molar-refractivity contribution in [2.75, 3.05) is 4.90 Å². The standard InChI is InChI=1S/C53H38N2S.C2H6/c1-35-12-11-15-39(32-35)38-24-28-41(29-25-38)54(40-26-22-37(23-27-40)36-13-3-2-4-14-36)49-34-50-53(45-18-6-5-16-43(45)49)46-19-7-9-20-48(46)55(50)42-30-31-52-47(33-42)44-17-8-10-21-51(44)56-52;1-2/h2-24,26-28,30-34H,25,29H2,1H3;1-2H3. The number of benzene rings is 8. The van der Waals surface area contributed by atoms with Crippen molar-refractivity contribution in [2.24, 2.45) is 0 Å². The maximum absolute atomic E-state index is 2.53. The lowest BCUT2D eigenvalue weighted by Gasteiger charge is -2.31. The summed E-state index contributed by atoms with van der Waals surface area (Å²) in [6, 6.07) is 64.9. The van der Waals surface area contributed by atoms with Gasteiger partial charge >= 0.3 is 0 Å². The van der Waals surface area contributed by atoms with Gasteiger partial charge in [0.2, 0.25) is 0 Å². The summed E-state index contributed by atoms with van der Waals surface area (Å²) in [5.41, 5.74) is 13.6. The number of fused-ring (bicyclic) bond motifs is 8. The van der Waals surface area contributed by atoms with Crippen LogP contribution in [-0.4, -0.2) is 4.57 Å². The van der Waals surface area contributed by atoms with E-state index in [4.69, 9.17) is 0 Å². The van der Waals surface area contributed by atoms with Crippen LogP contribution in [0.25, 0.3) is 75.1 Å². The van der Waals surface area contributed by atoms with Gasteiger partial charge < -0.3 is 9.47 Å². The highest BCUT2D eigenvalue weighted by atomic mass is 32.1. The van der Waals surface area contributed by atoms with E-state index in [1.54, 1.807) is 0 Å². The fraction of sp³-hybridized carbons (Fsp3) is 0.0909. The number of anilines is 2. The molecule has 0 N–H and O–H groups in total. The lowest BCUT2D eigenvalue weighted by atomic mass is 9.93. The zero-order chi connectivity index (χ0) is 39.2. The number of hydrogen-bond acceptors (Lipinski definition) is 2. The van der Waals surface area contributed by atoms with E-state index in [0.717, 1.165) is 18.5 Å². The van der Waals surface area contributed by atoms with Crippen molar-refractivity contribution in [2.45, 2.75) is 33.6 Å². The summed E-state index contributed by atoms with van der Waals surface area (Å²) in [6.07, 6.45) is 6.61. The number of nitrogens with zero attached hydrogens (tertiary/aromatic N) is 2. The van der Waals surface area contributed by atoms with Gasteiger partial charge in [0.1, 0.15) is 0 Å². The monoisotopic (exact) mass is 764 g/mol. The summed E-state index contributed by atoms with van der Waals surface area (Å²) >= 11 is 1.87. The molecule has 280 valence electrons. The van der Waals surface area contributed by atoms with Crippen LogP contribution in [0.5, 0.6) is 0 Å². The molecular formula is C55H44N2S. The Kier molecular flexibility index (Phi) is 9.24. The molecule has 0 atom stereocenters. The fourth-order valence-electron chi connectivity index (χ4n) is 8.92. The van der Waals surface area contributed by atoms with Gasteiger partial charge in [0.15, 0.2) is 0 Å². The number of rotatable bonds is 6. The first-order valence-electron chi connectivity index (χ1n) is 20.5. The number of thiophene rings is 1. The van der Waals surface area contributed by atoms with Gasteiger partial charge in [-0.15, -0.1) is 11.3 Å². The van der Waals surface area contributed by atoms with Crippen molar-refractivity contribution in [1.82, 2.24) is 4.57 Å². The Labute approximate surface area is 344 Å². The van der Waals surface area contributed by atoms with Crippen molar-refractivity contribution >= 4 is 81.0 Å². The van der Waals surface area contributed by atoms with E-state index in [9.17, 15) is 0 Å². The summed E-state index contributed by atoms with van der Waals surface area (Å²) in [7, 11) is 0. The van der Waals surface area contributed by atoms with Crippen LogP contribution in [0.4, 0.5) is 11.4 Å². The molecule has 0 saturated carbocycles. The topological polar surface area (TPSA) is 8.17 Å². The number of hydrogen-bond donors (Lipinski definition) is 0. The molecule has 0 aliphatic heterocycles. The molecule has 3 heteroatoms. The molecule has 8 aromatic carbocycles. The summed E-state index contributed by atoms with van der Waals surface area (Å²) in [4.78, 5) is 2.53. The number of para-hydroxylation sites is 1. The Hall–Kier alpha value is -6.68. The van der Waals surface area contributed by atoms with Gasteiger partial charge in [0, 0.05) is 53.4 Å². The third-order valence-corrected chi connectivity index (χ3v) is 12.7. The molecule has 2 heterocycles. The molecule has 0 saturated heterocycles. The van der Waals surface area contributed by atoms with Crippen molar-refractivity contribution in [3.63, 3.8) is 0 Å². The van der Waals surface area contributed by atoms with Gasteiger partial charge in [-0.3, -0.25) is 0 Å². The lowest BCUT2D eigenvalue weighted by molar-refractivity contribution is 0.931. The number of aryl methyl sites for hydroxylation is 1. The Bertz CT molecular complexity index is 3200. The van der Waals surface area contributed by atoms with Crippen molar-refractivity contribution in [1.29, 1.82) is 0 Å². The van der Waals surface area contributed by atoms with Gasteiger partial charge in [-0.1, -0.05) is 153 Å². The zero-order valence-electron chi connectivity index (χ0n) is 33.1. The SMILES string of the molecule is CC.Cc1cccc(C2=CC=C(N(c3ccc(-c4ccccc4)cc3)c3cc4c(c5ccccc35)c3ccccc3n4-c3ccc4sc5ccccc5c4c3)CC2)c1. The summed E-state index contributed by atoms with van der Waals surface area (Å²) in [5, 5.41) is 7.67. The second kappa shape index (κ2) is 15.0. The molecule has 58 heavy (non-hydrogen) atoms. The quantitative estimate of drug-likeness (QED) is 0.164. The van der Waals surface area contributed by atoms with Gasteiger partial charge in [-0.2, -0.15) is 0 Å². The normalized spacial score (nSPS) is 12.8. The maximum Gasteiger partial charge on any atom is 0.0568 e. The highest BCUT2D eigenvalue weighted by Crippen LogP contribution is 2.46. The Morgan fingerprint density at radius 1 is 0.483 bits per heavy atom. The van der Waals surface area contributed by atoms with Crippen LogP contribution in [0.2, 0.25) is 0 Å².